The van der Waals surface area contributed by atoms with Gasteiger partial charge < -0.3 is 20.2 Å². The van der Waals surface area contributed by atoms with Crippen molar-refractivity contribution in [2.45, 2.75) is 19.0 Å². The topological polar surface area (TPSA) is 194 Å². The number of aromatic nitrogens is 1. The largest absolute Gasteiger partial charge is 0.464 e. The zero-order chi connectivity index (χ0) is 23.3. The molecular formula is C14H16ClN5O9S2. The van der Waals surface area contributed by atoms with Gasteiger partial charge in [-0.15, -0.1) is 22.9 Å². The first-order valence-corrected chi connectivity index (χ1v) is 11.1. The molecule has 2 atom stereocenters. The number of rotatable bonds is 9. The first-order chi connectivity index (χ1) is 14.5. The van der Waals surface area contributed by atoms with Gasteiger partial charge in [-0.25, -0.2) is 9.78 Å². The Morgan fingerprint density at radius 2 is 2.10 bits per heavy atom. The van der Waals surface area contributed by atoms with Crippen LogP contribution >= 0.6 is 22.9 Å². The number of carbonyl (C=O) groups excluding carboxylic acids is 4. The first kappa shape index (κ1) is 24.4. The van der Waals surface area contributed by atoms with Crippen molar-refractivity contribution < 1.29 is 41.7 Å². The fraction of sp³-hybridized carbons (Fsp3) is 0.429. The van der Waals surface area contributed by atoms with E-state index in [9.17, 15) is 32.1 Å². The van der Waals surface area contributed by atoms with Crippen LogP contribution in [0.15, 0.2) is 10.5 Å². The van der Waals surface area contributed by atoms with Crippen LogP contribution in [0.3, 0.4) is 0 Å². The molecule has 0 aliphatic carbocycles. The smallest absolute Gasteiger partial charge is 0.363 e. The molecule has 1 aliphatic rings. The van der Waals surface area contributed by atoms with Crippen molar-refractivity contribution in [3.63, 3.8) is 0 Å². The minimum atomic E-state index is -5.07. The molecule has 1 aromatic rings. The summed E-state index contributed by atoms with van der Waals surface area (Å²) < 4.78 is 36.6. The maximum absolute atomic E-state index is 12.7. The maximum Gasteiger partial charge on any atom is 0.363 e. The molecule has 2 rings (SSSR count). The number of oxime groups is 1. The third-order valence-electron chi connectivity index (χ3n) is 3.63. The van der Waals surface area contributed by atoms with Crippen molar-refractivity contribution >= 4 is 67.8 Å². The van der Waals surface area contributed by atoms with Crippen LogP contribution < -0.4 is 10.6 Å². The van der Waals surface area contributed by atoms with Crippen molar-refractivity contribution in [2.75, 3.05) is 24.9 Å². The Hall–Kier alpha value is -2.82. The number of esters is 1. The minimum Gasteiger partial charge on any atom is -0.464 e. The number of amides is 3. The average molecular weight is 498 g/mol. The van der Waals surface area contributed by atoms with E-state index in [4.69, 9.17) is 16.3 Å². The molecular weight excluding hydrogens is 482 g/mol. The van der Waals surface area contributed by atoms with E-state index in [1.54, 1.807) is 0 Å². The second-order valence-corrected chi connectivity index (χ2v) is 8.02. The highest BCUT2D eigenvalue weighted by Crippen LogP contribution is 2.25. The maximum atomic E-state index is 12.7. The van der Waals surface area contributed by atoms with E-state index < -0.39 is 51.8 Å². The number of hydrogen-bond donors (Lipinski definition) is 3. The van der Waals surface area contributed by atoms with Crippen LogP contribution in [0.1, 0.15) is 12.6 Å². The average Bonchev–Trinajstić information content (AvgIpc) is 3.14. The van der Waals surface area contributed by atoms with E-state index in [0.717, 1.165) is 18.4 Å². The Morgan fingerprint density at radius 1 is 1.42 bits per heavy atom. The van der Waals surface area contributed by atoms with Gasteiger partial charge >= 0.3 is 16.3 Å². The summed E-state index contributed by atoms with van der Waals surface area (Å²) in [5, 5.41) is 9.47. The summed E-state index contributed by atoms with van der Waals surface area (Å²) in [6, 6.07) is -3.48. The molecule has 1 saturated heterocycles. The molecule has 1 aromatic heterocycles. The highest BCUT2D eigenvalue weighted by Gasteiger charge is 2.58. The van der Waals surface area contributed by atoms with Gasteiger partial charge in [-0.05, 0) is 6.92 Å². The highest BCUT2D eigenvalue weighted by molar-refractivity contribution is 7.84. The molecule has 0 radical (unpaired) electrons. The third-order valence-corrected chi connectivity index (χ3v) is 5.53. The molecule has 1 fully saturated rings. The molecule has 17 heteroatoms. The van der Waals surface area contributed by atoms with E-state index in [2.05, 4.69) is 25.6 Å². The van der Waals surface area contributed by atoms with E-state index in [1.807, 2.05) is 0 Å². The Bertz CT molecular complexity index is 1030. The van der Waals surface area contributed by atoms with Crippen LogP contribution in [-0.4, -0.2) is 83.3 Å². The summed E-state index contributed by atoms with van der Waals surface area (Å²) in [5.41, 5.74) is -0.494. The van der Waals surface area contributed by atoms with Gasteiger partial charge in [0.15, 0.2) is 16.9 Å². The Morgan fingerprint density at radius 3 is 2.65 bits per heavy atom. The van der Waals surface area contributed by atoms with E-state index in [0.29, 0.717) is 0 Å². The Balaban J connectivity index is 2.25. The predicted octanol–water partition coefficient (Wildman–Crippen LogP) is -1.27. The lowest BCUT2D eigenvalue weighted by molar-refractivity contribution is -0.163. The molecule has 3 amide bonds. The molecule has 2 heterocycles. The van der Waals surface area contributed by atoms with Crippen LogP contribution in [0.2, 0.25) is 0 Å². The van der Waals surface area contributed by atoms with Gasteiger partial charge in [0.2, 0.25) is 5.91 Å². The zero-order valence-electron chi connectivity index (χ0n) is 15.9. The number of β-lactam (4-membered cyclic amide) rings is 1. The summed E-state index contributed by atoms with van der Waals surface area (Å²) in [4.78, 5) is 56.8. The summed E-state index contributed by atoms with van der Waals surface area (Å²) in [7, 11) is -3.94. The molecule has 31 heavy (non-hydrogen) atoms. The lowest BCUT2D eigenvalue weighted by atomic mass is 9.98. The number of nitrogens with one attached hydrogen (secondary N) is 2. The summed E-state index contributed by atoms with van der Waals surface area (Å²) in [6.07, 6.45) is 0. The molecule has 0 saturated carbocycles. The molecule has 14 nitrogen and oxygen atoms in total. The molecule has 2 unspecified atom stereocenters. The van der Waals surface area contributed by atoms with Crippen molar-refractivity contribution in [3.8, 4) is 0 Å². The Labute approximate surface area is 184 Å². The standard InChI is InChI=1S/C14H16ClN5O9S2/c1-3-29-13(24)10-9(12(23)20(10)31(25,26)27)18-11(22)8(19-28-2)6-5-30-14(16-6)17-7(21)4-15/h5,9-10H,3-4H2,1-2H3,(H,18,22)(H,16,17,21)(H,25,26,27)/b19-8-. The lowest BCUT2D eigenvalue weighted by Gasteiger charge is -2.42. The van der Waals surface area contributed by atoms with E-state index >= 15 is 0 Å². The quantitative estimate of drug-likeness (QED) is 0.0924. The van der Waals surface area contributed by atoms with Crippen molar-refractivity contribution in [1.82, 2.24) is 14.6 Å². The molecule has 0 aromatic carbocycles. The monoisotopic (exact) mass is 497 g/mol. The van der Waals surface area contributed by atoms with Gasteiger partial charge in [-0.3, -0.25) is 18.9 Å². The molecule has 3 N–H and O–H groups in total. The third kappa shape index (κ3) is 5.46. The van der Waals surface area contributed by atoms with Crippen molar-refractivity contribution in [2.24, 2.45) is 5.16 Å². The normalized spacial score (nSPS) is 18.8. The second kappa shape index (κ2) is 9.99. The summed E-state index contributed by atoms with van der Waals surface area (Å²) in [5.74, 6) is -4.34. The fourth-order valence-corrected chi connectivity index (χ4v) is 4.03. The lowest BCUT2D eigenvalue weighted by Crippen LogP contribution is -2.75. The predicted molar refractivity (Wildman–Crippen MR) is 106 cm³/mol. The van der Waals surface area contributed by atoms with Crippen molar-refractivity contribution in [3.05, 3.63) is 11.1 Å². The summed E-state index contributed by atoms with van der Waals surface area (Å²) in [6.45, 7) is 1.30. The van der Waals surface area contributed by atoms with Crippen LogP contribution in [0.4, 0.5) is 5.13 Å². The number of nitrogens with zero attached hydrogens (tertiary/aromatic N) is 3. The highest BCUT2D eigenvalue weighted by atomic mass is 35.5. The van der Waals surface area contributed by atoms with Crippen LogP contribution in [0, 0.1) is 0 Å². The first-order valence-electron chi connectivity index (χ1n) is 8.26. The van der Waals surface area contributed by atoms with Gasteiger partial charge in [-0.2, -0.15) is 12.7 Å². The Kier molecular flexibility index (Phi) is 7.88. The zero-order valence-corrected chi connectivity index (χ0v) is 18.3. The minimum absolute atomic E-state index is 0.0553. The second-order valence-electron chi connectivity index (χ2n) is 5.60. The molecule has 0 bridgehead atoms. The number of alkyl halides is 1. The number of ether oxygens (including phenoxy) is 1. The van der Waals surface area contributed by atoms with E-state index in [-0.39, 0.29) is 27.6 Å². The van der Waals surface area contributed by atoms with Crippen molar-refractivity contribution in [1.29, 1.82) is 0 Å². The number of thiazole rings is 1. The summed E-state index contributed by atoms with van der Waals surface area (Å²) >= 11 is 6.33. The van der Waals surface area contributed by atoms with E-state index in [1.165, 1.54) is 12.3 Å². The number of hydrogen-bond acceptors (Lipinski definition) is 11. The fourth-order valence-electron chi connectivity index (χ4n) is 2.42. The van der Waals surface area contributed by atoms with Gasteiger partial charge in [0.25, 0.3) is 11.8 Å². The molecule has 0 spiro atoms. The molecule has 170 valence electrons. The van der Waals surface area contributed by atoms with Crippen LogP contribution in [0.5, 0.6) is 0 Å². The van der Waals surface area contributed by atoms with Crippen LogP contribution in [0.25, 0.3) is 0 Å². The number of anilines is 1. The SMILES string of the molecule is CCOC(=O)C1C(NC(=O)/C(=N\OC)c2csc(NC(=O)CCl)n2)C(=O)N1S(=O)(=O)O. The van der Waals surface area contributed by atoms with Gasteiger partial charge in [0, 0.05) is 5.38 Å². The van der Waals surface area contributed by atoms with Crippen LogP contribution in [-0.2, 0) is 39.1 Å². The molecule has 1 aliphatic heterocycles. The van der Waals surface area contributed by atoms with Gasteiger partial charge in [0.1, 0.15) is 24.7 Å². The van der Waals surface area contributed by atoms with Gasteiger partial charge in [0.05, 0.1) is 6.61 Å². The van der Waals surface area contributed by atoms with Gasteiger partial charge in [-0.1, -0.05) is 5.16 Å². The number of halogens is 1. The number of carbonyl (C=O) groups is 4.